The van der Waals surface area contributed by atoms with Crippen molar-refractivity contribution in [2.75, 3.05) is 0 Å². The Hall–Kier alpha value is -1.32. The molecule has 0 saturated heterocycles. The third-order valence-corrected chi connectivity index (χ3v) is 5.40. The molecule has 1 unspecified atom stereocenters. The van der Waals surface area contributed by atoms with E-state index in [9.17, 15) is 0 Å². The van der Waals surface area contributed by atoms with E-state index in [4.69, 9.17) is 5.73 Å². The van der Waals surface area contributed by atoms with Crippen LogP contribution in [0.5, 0.6) is 0 Å². The Balaban J connectivity index is 1.66. The highest BCUT2D eigenvalue weighted by Crippen LogP contribution is 2.32. The second kappa shape index (κ2) is 7.10. The second-order valence-corrected chi connectivity index (χ2v) is 7.02. The van der Waals surface area contributed by atoms with Gasteiger partial charge in [-0.25, -0.2) is 4.98 Å². The molecule has 0 aliphatic heterocycles. The predicted molar refractivity (Wildman–Crippen MR) is 89.4 cm³/mol. The third kappa shape index (κ3) is 3.86. The molecule has 2 nitrogen and oxygen atoms in total. The second-order valence-electron chi connectivity index (χ2n) is 5.70. The molecule has 1 aliphatic rings. The van der Waals surface area contributed by atoms with Gasteiger partial charge in [-0.15, -0.1) is 11.8 Å². The van der Waals surface area contributed by atoms with Gasteiger partial charge in [0, 0.05) is 11.4 Å². The highest BCUT2D eigenvalue weighted by Gasteiger charge is 2.15. The molecule has 1 atom stereocenters. The van der Waals surface area contributed by atoms with Crippen LogP contribution in [0.3, 0.4) is 0 Å². The Bertz CT molecular complexity index is 547. The standard InChI is InChI=1S/C18H22N2S/c19-18(14-7-3-1-4-8-14)15-11-12-17(20-13-15)21-16-9-5-2-6-10-16/h1,3-4,7-8,11-13,16,18H,2,5-6,9-10,19H2. The summed E-state index contributed by atoms with van der Waals surface area (Å²) in [7, 11) is 0. The van der Waals surface area contributed by atoms with Crippen molar-refractivity contribution >= 4 is 11.8 Å². The van der Waals surface area contributed by atoms with Crippen LogP contribution in [-0.2, 0) is 0 Å². The van der Waals surface area contributed by atoms with Crippen LogP contribution in [0.25, 0.3) is 0 Å². The number of aromatic nitrogens is 1. The molecule has 0 bridgehead atoms. The number of thioether (sulfide) groups is 1. The van der Waals surface area contributed by atoms with Gasteiger partial charge in [0.25, 0.3) is 0 Å². The fourth-order valence-electron chi connectivity index (χ4n) is 2.85. The van der Waals surface area contributed by atoms with E-state index in [1.54, 1.807) is 0 Å². The number of hydrogen-bond donors (Lipinski definition) is 1. The summed E-state index contributed by atoms with van der Waals surface area (Å²) in [6, 6.07) is 14.3. The first kappa shape index (κ1) is 14.6. The fourth-order valence-corrected chi connectivity index (χ4v) is 4.02. The molecule has 2 N–H and O–H groups in total. The Morgan fingerprint density at radius 3 is 2.38 bits per heavy atom. The molecule has 2 aromatic rings. The zero-order valence-corrected chi connectivity index (χ0v) is 13.1. The van der Waals surface area contributed by atoms with E-state index < -0.39 is 0 Å². The van der Waals surface area contributed by atoms with E-state index in [1.165, 1.54) is 32.1 Å². The van der Waals surface area contributed by atoms with E-state index >= 15 is 0 Å². The Morgan fingerprint density at radius 2 is 1.71 bits per heavy atom. The first-order valence-corrected chi connectivity index (χ1v) is 8.64. The van der Waals surface area contributed by atoms with E-state index in [2.05, 4.69) is 29.2 Å². The van der Waals surface area contributed by atoms with Crippen LogP contribution in [-0.4, -0.2) is 10.2 Å². The lowest BCUT2D eigenvalue weighted by Crippen LogP contribution is -2.12. The van der Waals surface area contributed by atoms with Crippen LogP contribution in [0.2, 0.25) is 0 Å². The minimum atomic E-state index is -0.0903. The summed E-state index contributed by atoms with van der Waals surface area (Å²) in [5, 5.41) is 1.88. The summed E-state index contributed by atoms with van der Waals surface area (Å²) < 4.78 is 0. The van der Waals surface area contributed by atoms with Crippen molar-refractivity contribution < 1.29 is 0 Å². The van der Waals surface area contributed by atoms with Gasteiger partial charge >= 0.3 is 0 Å². The van der Waals surface area contributed by atoms with Crippen molar-refractivity contribution in [3.05, 3.63) is 59.8 Å². The van der Waals surface area contributed by atoms with Crippen LogP contribution in [0.1, 0.15) is 49.3 Å². The highest BCUT2D eigenvalue weighted by atomic mass is 32.2. The summed E-state index contributed by atoms with van der Waals surface area (Å²) in [4.78, 5) is 4.60. The van der Waals surface area contributed by atoms with Gasteiger partial charge in [-0.2, -0.15) is 0 Å². The van der Waals surface area contributed by atoms with Gasteiger partial charge in [0.05, 0.1) is 11.1 Å². The summed E-state index contributed by atoms with van der Waals surface area (Å²) in [6.07, 6.45) is 8.73. The number of nitrogens with two attached hydrogens (primary N) is 1. The van der Waals surface area contributed by atoms with Crippen molar-refractivity contribution in [3.8, 4) is 0 Å². The highest BCUT2D eigenvalue weighted by molar-refractivity contribution is 7.99. The molecule has 3 rings (SSSR count). The molecular weight excluding hydrogens is 276 g/mol. The summed E-state index contributed by atoms with van der Waals surface area (Å²) in [5.41, 5.74) is 8.51. The van der Waals surface area contributed by atoms with E-state index in [1.807, 2.05) is 36.2 Å². The topological polar surface area (TPSA) is 38.9 Å². The average Bonchev–Trinajstić information content (AvgIpc) is 2.57. The molecule has 1 heterocycles. The van der Waals surface area contributed by atoms with Crippen LogP contribution in [0.15, 0.2) is 53.7 Å². The molecule has 3 heteroatoms. The fraction of sp³-hybridized carbons (Fsp3) is 0.389. The molecule has 110 valence electrons. The van der Waals surface area contributed by atoms with Gasteiger partial charge in [0.15, 0.2) is 0 Å². The lowest BCUT2D eigenvalue weighted by Gasteiger charge is -2.20. The smallest absolute Gasteiger partial charge is 0.0962 e. The van der Waals surface area contributed by atoms with Crippen molar-refractivity contribution in [1.82, 2.24) is 4.98 Å². The lowest BCUT2D eigenvalue weighted by atomic mass is 10.0. The normalized spacial score (nSPS) is 17.6. The zero-order chi connectivity index (χ0) is 14.5. The first-order chi connectivity index (χ1) is 10.3. The van der Waals surface area contributed by atoms with E-state index in [0.717, 1.165) is 21.4 Å². The summed E-state index contributed by atoms with van der Waals surface area (Å²) in [5.74, 6) is 0. The summed E-state index contributed by atoms with van der Waals surface area (Å²) >= 11 is 1.93. The molecule has 1 aromatic carbocycles. The molecule has 1 saturated carbocycles. The molecule has 21 heavy (non-hydrogen) atoms. The largest absolute Gasteiger partial charge is 0.320 e. The lowest BCUT2D eigenvalue weighted by molar-refractivity contribution is 0.515. The van der Waals surface area contributed by atoms with E-state index in [-0.39, 0.29) is 6.04 Å². The number of pyridine rings is 1. The number of hydrogen-bond acceptors (Lipinski definition) is 3. The van der Waals surface area contributed by atoms with Gasteiger partial charge in [0.2, 0.25) is 0 Å². The van der Waals surface area contributed by atoms with Crippen LogP contribution < -0.4 is 5.73 Å². The van der Waals surface area contributed by atoms with Crippen LogP contribution in [0.4, 0.5) is 0 Å². The molecule has 0 radical (unpaired) electrons. The Labute approximate surface area is 131 Å². The molecule has 0 amide bonds. The predicted octanol–water partition coefficient (Wildman–Crippen LogP) is 4.55. The van der Waals surface area contributed by atoms with Gasteiger partial charge < -0.3 is 5.73 Å². The van der Waals surface area contributed by atoms with Gasteiger partial charge in [-0.3, -0.25) is 0 Å². The Morgan fingerprint density at radius 1 is 0.952 bits per heavy atom. The molecule has 1 aromatic heterocycles. The van der Waals surface area contributed by atoms with Crippen molar-refractivity contribution in [2.24, 2.45) is 5.73 Å². The van der Waals surface area contributed by atoms with Crippen molar-refractivity contribution in [3.63, 3.8) is 0 Å². The van der Waals surface area contributed by atoms with Crippen LogP contribution in [0, 0.1) is 0 Å². The minimum absolute atomic E-state index is 0.0903. The molecule has 1 aliphatic carbocycles. The molecule has 1 fully saturated rings. The quantitative estimate of drug-likeness (QED) is 0.899. The summed E-state index contributed by atoms with van der Waals surface area (Å²) in [6.45, 7) is 0. The molecular formula is C18H22N2S. The minimum Gasteiger partial charge on any atom is -0.320 e. The van der Waals surface area contributed by atoms with Gasteiger partial charge in [0.1, 0.15) is 0 Å². The SMILES string of the molecule is NC(c1ccccc1)c1ccc(SC2CCCCC2)nc1. The monoisotopic (exact) mass is 298 g/mol. The Kier molecular flexibility index (Phi) is 4.94. The number of benzene rings is 1. The molecule has 0 spiro atoms. The van der Waals surface area contributed by atoms with Crippen molar-refractivity contribution in [2.45, 2.75) is 48.4 Å². The maximum absolute atomic E-state index is 6.30. The number of nitrogens with zero attached hydrogens (tertiary/aromatic N) is 1. The van der Waals surface area contributed by atoms with Gasteiger partial charge in [-0.05, 0) is 30.0 Å². The van der Waals surface area contributed by atoms with Crippen molar-refractivity contribution in [1.29, 1.82) is 0 Å². The van der Waals surface area contributed by atoms with Gasteiger partial charge in [-0.1, -0.05) is 55.7 Å². The first-order valence-electron chi connectivity index (χ1n) is 7.76. The maximum Gasteiger partial charge on any atom is 0.0962 e. The van der Waals surface area contributed by atoms with Crippen LogP contribution >= 0.6 is 11.8 Å². The van der Waals surface area contributed by atoms with E-state index in [0.29, 0.717) is 0 Å². The maximum atomic E-state index is 6.30. The zero-order valence-electron chi connectivity index (χ0n) is 12.2. The third-order valence-electron chi connectivity index (χ3n) is 4.12. The average molecular weight is 298 g/mol. The number of rotatable bonds is 4.